The number of benzene rings is 2. The molecule has 1 N–H and O–H groups in total. The van der Waals surface area contributed by atoms with Crippen LogP contribution in [0.2, 0.25) is 5.02 Å². The summed E-state index contributed by atoms with van der Waals surface area (Å²) in [4.78, 5) is 24.3. The van der Waals surface area contributed by atoms with Gasteiger partial charge in [-0.3, -0.25) is 9.59 Å². The van der Waals surface area contributed by atoms with Gasteiger partial charge in [0.1, 0.15) is 6.54 Å². The van der Waals surface area contributed by atoms with Crippen LogP contribution in [-0.2, 0) is 23.7 Å². The monoisotopic (exact) mass is 475 g/mol. The quantitative estimate of drug-likeness (QED) is 0.525. The zero-order valence-electron chi connectivity index (χ0n) is 15.8. The first-order chi connectivity index (χ1) is 14.8. The summed E-state index contributed by atoms with van der Waals surface area (Å²) >= 11 is 5.81. The molecule has 0 unspecified atom stereocenters. The molecule has 1 heterocycles. The van der Waals surface area contributed by atoms with E-state index in [1.165, 1.54) is 6.07 Å². The first-order valence-electron chi connectivity index (χ1n) is 8.76. The van der Waals surface area contributed by atoms with Crippen molar-refractivity contribution in [2.75, 3.05) is 5.32 Å². The third-order valence-corrected chi connectivity index (χ3v) is 4.42. The second-order valence-corrected chi connectivity index (χ2v) is 7.00. The van der Waals surface area contributed by atoms with Gasteiger partial charge >= 0.3 is 12.4 Å². The number of carbonyl (C=O) groups is 1. The molecule has 0 aliphatic heterocycles. The van der Waals surface area contributed by atoms with E-state index in [0.29, 0.717) is 28.4 Å². The summed E-state index contributed by atoms with van der Waals surface area (Å²) in [7, 11) is 0. The Hall–Kier alpha value is -3.34. The van der Waals surface area contributed by atoms with E-state index in [1.807, 2.05) is 5.32 Å². The fourth-order valence-corrected chi connectivity index (χ4v) is 2.83. The largest absolute Gasteiger partial charge is 0.416 e. The Morgan fingerprint density at radius 3 is 2.00 bits per heavy atom. The number of nitrogens with zero attached hydrogens (tertiary/aromatic N) is 2. The van der Waals surface area contributed by atoms with Crippen molar-refractivity contribution in [1.29, 1.82) is 0 Å². The van der Waals surface area contributed by atoms with Crippen LogP contribution in [-0.4, -0.2) is 15.7 Å². The highest BCUT2D eigenvalue weighted by Gasteiger charge is 2.37. The molecule has 3 aromatic rings. The highest BCUT2D eigenvalue weighted by atomic mass is 35.5. The molecule has 3 rings (SSSR count). The van der Waals surface area contributed by atoms with Gasteiger partial charge in [-0.25, -0.2) is 4.68 Å². The molecule has 12 heteroatoms. The maximum Gasteiger partial charge on any atom is 0.416 e. The van der Waals surface area contributed by atoms with Crippen molar-refractivity contribution in [2.24, 2.45) is 0 Å². The van der Waals surface area contributed by atoms with Crippen molar-refractivity contribution in [1.82, 2.24) is 9.78 Å². The summed E-state index contributed by atoms with van der Waals surface area (Å²) < 4.78 is 78.5. The van der Waals surface area contributed by atoms with Gasteiger partial charge in [-0.1, -0.05) is 23.7 Å². The second-order valence-electron chi connectivity index (χ2n) is 6.56. The normalized spacial score (nSPS) is 12.0. The number of hydrogen-bond acceptors (Lipinski definition) is 3. The average molecular weight is 476 g/mol. The Labute approximate surface area is 181 Å². The van der Waals surface area contributed by atoms with E-state index in [9.17, 15) is 35.9 Å². The van der Waals surface area contributed by atoms with Gasteiger partial charge in [0.05, 0.1) is 16.8 Å². The molecule has 0 radical (unpaired) electrons. The SMILES string of the molecule is O=C(Cn1nc(-c2ccc(Cl)cc2)ccc1=O)Nc1cc(C(F)(F)F)cc(C(F)(F)F)c1. The number of hydrogen-bond donors (Lipinski definition) is 1. The molecule has 2 aromatic carbocycles. The van der Waals surface area contributed by atoms with Gasteiger partial charge in [0.15, 0.2) is 0 Å². The lowest BCUT2D eigenvalue weighted by molar-refractivity contribution is -0.143. The minimum atomic E-state index is -5.06. The molecule has 0 aliphatic rings. The minimum absolute atomic E-state index is 0.0582. The number of amides is 1. The van der Waals surface area contributed by atoms with Crippen LogP contribution in [0.4, 0.5) is 32.0 Å². The second kappa shape index (κ2) is 8.65. The zero-order valence-corrected chi connectivity index (χ0v) is 16.5. The van der Waals surface area contributed by atoms with E-state index < -0.39 is 47.2 Å². The van der Waals surface area contributed by atoms with Crippen molar-refractivity contribution in [3.8, 4) is 11.3 Å². The standard InChI is InChI=1S/C20H12ClF6N3O2/c21-14-3-1-11(2-4-14)16-5-6-18(32)30(29-16)10-17(31)28-15-8-12(19(22,23)24)7-13(9-15)20(25,26)27/h1-9H,10H2,(H,28,31). The summed E-state index contributed by atoms with van der Waals surface area (Å²) in [5, 5.41) is 6.42. The molecular weight excluding hydrogens is 464 g/mol. The third kappa shape index (κ3) is 5.67. The summed E-state index contributed by atoms with van der Waals surface area (Å²) in [5.74, 6) is -1.04. The summed E-state index contributed by atoms with van der Waals surface area (Å²) in [6.07, 6.45) is -10.1. The van der Waals surface area contributed by atoms with Crippen LogP contribution in [0.25, 0.3) is 11.3 Å². The Morgan fingerprint density at radius 1 is 0.906 bits per heavy atom. The number of aromatic nitrogens is 2. The molecule has 0 bridgehead atoms. The molecule has 5 nitrogen and oxygen atoms in total. The molecule has 0 fully saturated rings. The lowest BCUT2D eigenvalue weighted by Gasteiger charge is -2.15. The maximum absolute atomic E-state index is 13.0. The van der Waals surface area contributed by atoms with Crippen molar-refractivity contribution in [3.63, 3.8) is 0 Å². The third-order valence-electron chi connectivity index (χ3n) is 4.17. The molecule has 0 saturated heterocycles. The van der Waals surface area contributed by atoms with E-state index in [-0.39, 0.29) is 6.07 Å². The smallest absolute Gasteiger partial charge is 0.324 e. The molecule has 168 valence electrons. The van der Waals surface area contributed by atoms with Gasteiger partial charge in [0.25, 0.3) is 5.56 Å². The maximum atomic E-state index is 13.0. The summed E-state index contributed by atoms with van der Waals surface area (Å²) in [6.45, 7) is -0.738. The number of nitrogens with one attached hydrogen (secondary N) is 1. The van der Waals surface area contributed by atoms with E-state index in [0.717, 1.165) is 10.7 Å². The number of anilines is 1. The van der Waals surface area contributed by atoms with E-state index in [1.54, 1.807) is 24.3 Å². The molecule has 0 spiro atoms. The molecule has 32 heavy (non-hydrogen) atoms. The molecule has 1 amide bonds. The average Bonchev–Trinajstić information content (AvgIpc) is 2.69. The lowest BCUT2D eigenvalue weighted by atomic mass is 10.1. The van der Waals surface area contributed by atoms with E-state index in [4.69, 9.17) is 11.6 Å². The van der Waals surface area contributed by atoms with E-state index >= 15 is 0 Å². The van der Waals surface area contributed by atoms with Crippen LogP contribution in [0.1, 0.15) is 11.1 Å². The fraction of sp³-hybridized carbons (Fsp3) is 0.150. The minimum Gasteiger partial charge on any atom is -0.324 e. The van der Waals surface area contributed by atoms with Crippen molar-refractivity contribution in [2.45, 2.75) is 18.9 Å². The predicted molar refractivity (Wildman–Crippen MR) is 104 cm³/mol. The molecule has 1 aromatic heterocycles. The van der Waals surface area contributed by atoms with Crippen LogP contribution in [0.3, 0.4) is 0 Å². The van der Waals surface area contributed by atoms with Gasteiger partial charge in [-0.05, 0) is 36.4 Å². The number of rotatable bonds is 4. The van der Waals surface area contributed by atoms with Crippen LogP contribution in [0.15, 0.2) is 59.4 Å². The van der Waals surface area contributed by atoms with Crippen molar-refractivity contribution < 1.29 is 31.1 Å². The molecular formula is C20H12ClF6N3O2. The lowest BCUT2D eigenvalue weighted by Crippen LogP contribution is -2.29. The fourth-order valence-electron chi connectivity index (χ4n) is 2.70. The number of halogens is 7. The Bertz CT molecular complexity index is 1170. The Morgan fingerprint density at radius 2 is 1.47 bits per heavy atom. The van der Waals surface area contributed by atoms with Gasteiger partial charge in [0, 0.05) is 22.3 Å². The van der Waals surface area contributed by atoms with Crippen LogP contribution in [0.5, 0.6) is 0 Å². The van der Waals surface area contributed by atoms with Gasteiger partial charge in [0.2, 0.25) is 5.91 Å². The first-order valence-corrected chi connectivity index (χ1v) is 9.14. The zero-order chi connectivity index (χ0) is 23.7. The Balaban J connectivity index is 1.86. The molecule has 0 aliphatic carbocycles. The summed E-state index contributed by atoms with van der Waals surface area (Å²) in [6, 6.07) is 9.57. The first kappa shape index (κ1) is 23.3. The molecule has 0 saturated carbocycles. The highest BCUT2D eigenvalue weighted by molar-refractivity contribution is 6.30. The number of alkyl halides is 6. The number of carbonyl (C=O) groups excluding carboxylic acids is 1. The van der Waals surface area contributed by atoms with Gasteiger partial charge < -0.3 is 5.32 Å². The Kier molecular flexibility index (Phi) is 6.31. The molecule has 0 atom stereocenters. The van der Waals surface area contributed by atoms with Gasteiger partial charge in [-0.15, -0.1) is 0 Å². The topological polar surface area (TPSA) is 64.0 Å². The van der Waals surface area contributed by atoms with Crippen LogP contribution in [0, 0.1) is 0 Å². The highest BCUT2D eigenvalue weighted by Crippen LogP contribution is 2.37. The predicted octanol–water partition coefficient (Wildman–Crippen LogP) is 5.24. The van der Waals surface area contributed by atoms with Crippen LogP contribution < -0.4 is 10.9 Å². The summed E-state index contributed by atoms with van der Waals surface area (Å²) in [5.41, 5.74) is -3.72. The van der Waals surface area contributed by atoms with Crippen LogP contribution >= 0.6 is 11.6 Å². The van der Waals surface area contributed by atoms with E-state index in [2.05, 4.69) is 5.10 Å². The van der Waals surface area contributed by atoms with Gasteiger partial charge in [-0.2, -0.15) is 31.4 Å². The van der Waals surface area contributed by atoms with Crippen molar-refractivity contribution in [3.05, 3.63) is 81.1 Å². The van der Waals surface area contributed by atoms with Crippen molar-refractivity contribution >= 4 is 23.2 Å².